The number of rotatable bonds is 7. The molecule has 0 aliphatic carbocycles. The van der Waals surface area contributed by atoms with Gasteiger partial charge in [0.15, 0.2) is 0 Å². The Labute approximate surface area is 121 Å². The summed E-state index contributed by atoms with van der Waals surface area (Å²) >= 11 is 0. The molecule has 1 N–H and O–H groups in total. The van der Waals surface area contributed by atoms with Crippen molar-refractivity contribution < 1.29 is 9.15 Å². The van der Waals surface area contributed by atoms with Gasteiger partial charge in [0.1, 0.15) is 18.1 Å². The summed E-state index contributed by atoms with van der Waals surface area (Å²) in [5.74, 6) is 2.39. The van der Waals surface area contributed by atoms with E-state index in [0.29, 0.717) is 12.5 Å². The summed E-state index contributed by atoms with van der Waals surface area (Å²) in [6.07, 6.45) is 1.72. The molecule has 0 bridgehead atoms. The fourth-order valence-corrected chi connectivity index (χ4v) is 2.00. The van der Waals surface area contributed by atoms with Gasteiger partial charge in [-0.1, -0.05) is 32.9 Å². The molecule has 2 rings (SSSR count). The van der Waals surface area contributed by atoms with Crippen LogP contribution in [0.5, 0.6) is 5.75 Å². The van der Waals surface area contributed by atoms with Gasteiger partial charge >= 0.3 is 0 Å². The quantitative estimate of drug-likeness (QED) is 0.825. The first-order valence-corrected chi connectivity index (χ1v) is 7.19. The second kappa shape index (κ2) is 7.15. The second-order valence-corrected chi connectivity index (χ2v) is 5.16. The van der Waals surface area contributed by atoms with Gasteiger partial charge in [-0.3, -0.25) is 0 Å². The molecule has 1 aromatic heterocycles. The van der Waals surface area contributed by atoms with Crippen molar-refractivity contribution in [2.75, 3.05) is 6.54 Å². The number of furan rings is 1. The van der Waals surface area contributed by atoms with E-state index in [4.69, 9.17) is 9.15 Å². The van der Waals surface area contributed by atoms with Crippen LogP contribution in [-0.4, -0.2) is 6.54 Å². The van der Waals surface area contributed by atoms with Gasteiger partial charge in [-0.2, -0.15) is 0 Å². The van der Waals surface area contributed by atoms with Gasteiger partial charge in [0.25, 0.3) is 0 Å². The van der Waals surface area contributed by atoms with Crippen LogP contribution >= 0.6 is 0 Å². The highest BCUT2D eigenvalue weighted by Gasteiger charge is 2.07. The lowest BCUT2D eigenvalue weighted by molar-refractivity contribution is 0.301. The van der Waals surface area contributed by atoms with Gasteiger partial charge in [-0.05, 0) is 36.2 Å². The smallest absolute Gasteiger partial charge is 0.124 e. The van der Waals surface area contributed by atoms with Crippen LogP contribution in [0.15, 0.2) is 41.0 Å². The van der Waals surface area contributed by atoms with Gasteiger partial charge < -0.3 is 14.5 Å². The molecule has 20 heavy (non-hydrogen) atoms. The SMILES string of the molecule is CCNCc1occc1COc1ccc(C(C)C)cc1. The topological polar surface area (TPSA) is 34.4 Å². The maximum absolute atomic E-state index is 5.82. The Bertz CT molecular complexity index is 514. The third kappa shape index (κ3) is 3.87. The Morgan fingerprint density at radius 2 is 1.90 bits per heavy atom. The van der Waals surface area contributed by atoms with E-state index >= 15 is 0 Å². The molecule has 0 aliphatic heterocycles. The van der Waals surface area contributed by atoms with E-state index in [0.717, 1.165) is 30.2 Å². The van der Waals surface area contributed by atoms with Crippen molar-refractivity contribution in [1.82, 2.24) is 5.32 Å². The molecule has 0 amide bonds. The van der Waals surface area contributed by atoms with Crippen molar-refractivity contribution in [2.24, 2.45) is 0 Å². The number of benzene rings is 1. The predicted octanol–water partition coefficient (Wildman–Crippen LogP) is 4.09. The van der Waals surface area contributed by atoms with Crippen LogP contribution in [0.1, 0.15) is 43.6 Å². The molecule has 3 nitrogen and oxygen atoms in total. The first-order valence-electron chi connectivity index (χ1n) is 7.19. The molecule has 0 saturated heterocycles. The molecule has 0 aliphatic rings. The Morgan fingerprint density at radius 1 is 1.15 bits per heavy atom. The third-order valence-corrected chi connectivity index (χ3v) is 3.31. The van der Waals surface area contributed by atoms with Crippen molar-refractivity contribution >= 4 is 0 Å². The fraction of sp³-hybridized carbons (Fsp3) is 0.412. The van der Waals surface area contributed by atoms with E-state index in [2.05, 4.69) is 38.2 Å². The van der Waals surface area contributed by atoms with Crippen LogP contribution in [0.2, 0.25) is 0 Å². The zero-order valence-corrected chi connectivity index (χ0v) is 12.5. The Balaban J connectivity index is 1.93. The third-order valence-electron chi connectivity index (χ3n) is 3.31. The number of ether oxygens (including phenoxy) is 1. The lowest BCUT2D eigenvalue weighted by Crippen LogP contribution is -2.12. The molecule has 0 spiro atoms. The van der Waals surface area contributed by atoms with Gasteiger partial charge in [-0.25, -0.2) is 0 Å². The van der Waals surface area contributed by atoms with E-state index in [9.17, 15) is 0 Å². The van der Waals surface area contributed by atoms with Crippen molar-refractivity contribution in [2.45, 2.75) is 39.8 Å². The molecule has 0 fully saturated rings. The summed E-state index contributed by atoms with van der Waals surface area (Å²) in [4.78, 5) is 0. The van der Waals surface area contributed by atoms with E-state index < -0.39 is 0 Å². The van der Waals surface area contributed by atoms with Gasteiger partial charge in [0, 0.05) is 5.56 Å². The summed E-state index contributed by atoms with van der Waals surface area (Å²) in [5.41, 5.74) is 2.42. The molecule has 108 valence electrons. The molecular weight excluding hydrogens is 250 g/mol. The Hall–Kier alpha value is -1.74. The number of nitrogens with one attached hydrogen (secondary N) is 1. The lowest BCUT2D eigenvalue weighted by atomic mass is 10.0. The minimum atomic E-state index is 0.540. The van der Waals surface area contributed by atoms with E-state index in [-0.39, 0.29) is 0 Å². The minimum absolute atomic E-state index is 0.540. The molecule has 3 heteroatoms. The molecule has 0 radical (unpaired) electrons. The zero-order chi connectivity index (χ0) is 14.4. The standard InChI is InChI=1S/C17H23NO2/c1-4-18-11-17-15(9-10-19-17)12-20-16-7-5-14(6-8-16)13(2)3/h5-10,13,18H,4,11-12H2,1-3H3. The van der Waals surface area contributed by atoms with Crippen LogP contribution in [0, 0.1) is 0 Å². The fourth-order valence-electron chi connectivity index (χ4n) is 2.00. The zero-order valence-electron chi connectivity index (χ0n) is 12.5. The molecule has 1 heterocycles. The minimum Gasteiger partial charge on any atom is -0.489 e. The van der Waals surface area contributed by atoms with Gasteiger partial charge in [-0.15, -0.1) is 0 Å². The summed E-state index contributed by atoms with van der Waals surface area (Å²) < 4.78 is 11.3. The van der Waals surface area contributed by atoms with Crippen molar-refractivity contribution in [3.8, 4) is 5.75 Å². The van der Waals surface area contributed by atoms with Crippen molar-refractivity contribution in [1.29, 1.82) is 0 Å². The highest BCUT2D eigenvalue weighted by atomic mass is 16.5. The maximum Gasteiger partial charge on any atom is 0.124 e. The Kier molecular flexibility index (Phi) is 5.24. The molecule has 0 atom stereocenters. The second-order valence-electron chi connectivity index (χ2n) is 5.16. The molecular formula is C17H23NO2. The summed E-state index contributed by atoms with van der Waals surface area (Å²) in [6, 6.07) is 10.3. The summed E-state index contributed by atoms with van der Waals surface area (Å²) in [7, 11) is 0. The highest BCUT2D eigenvalue weighted by Crippen LogP contribution is 2.20. The van der Waals surface area contributed by atoms with Gasteiger partial charge in [0.2, 0.25) is 0 Å². The van der Waals surface area contributed by atoms with Crippen LogP contribution in [0.25, 0.3) is 0 Å². The first-order chi connectivity index (χ1) is 9.70. The molecule has 2 aromatic rings. The molecule has 0 unspecified atom stereocenters. The van der Waals surface area contributed by atoms with Crippen LogP contribution < -0.4 is 10.1 Å². The van der Waals surface area contributed by atoms with Crippen molar-refractivity contribution in [3.05, 3.63) is 53.5 Å². The summed E-state index contributed by atoms with van der Waals surface area (Å²) in [5, 5.41) is 3.26. The predicted molar refractivity (Wildman–Crippen MR) is 81.0 cm³/mol. The van der Waals surface area contributed by atoms with Gasteiger partial charge in [0.05, 0.1) is 12.8 Å². The van der Waals surface area contributed by atoms with E-state index in [1.165, 1.54) is 5.56 Å². The monoisotopic (exact) mass is 273 g/mol. The summed E-state index contributed by atoms with van der Waals surface area (Å²) in [6.45, 7) is 8.67. The van der Waals surface area contributed by atoms with Crippen molar-refractivity contribution in [3.63, 3.8) is 0 Å². The van der Waals surface area contributed by atoms with E-state index in [1.54, 1.807) is 6.26 Å². The molecule has 0 saturated carbocycles. The highest BCUT2D eigenvalue weighted by molar-refractivity contribution is 5.29. The van der Waals surface area contributed by atoms with Crippen LogP contribution in [0.4, 0.5) is 0 Å². The lowest BCUT2D eigenvalue weighted by Gasteiger charge is -2.09. The number of hydrogen-bond acceptors (Lipinski definition) is 3. The largest absolute Gasteiger partial charge is 0.489 e. The van der Waals surface area contributed by atoms with Crippen LogP contribution in [0.3, 0.4) is 0 Å². The number of hydrogen-bond donors (Lipinski definition) is 1. The normalized spacial score (nSPS) is 11.0. The average Bonchev–Trinajstić information content (AvgIpc) is 2.90. The van der Waals surface area contributed by atoms with Crippen LogP contribution in [-0.2, 0) is 13.2 Å². The molecule has 1 aromatic carbocycles. The first kappa shape index (κ1) is 14.7. The maximum atomic E-state index is 5.82. The van der Waals surface area contributed by atoms with E-state index in [1.807, 2.05) is 18.2 Å². The average molecular weight is 273 g/mol. The Morgan fingerprint density at radius 3 is 2.55 bits per heavy atom.